The van der Waals surface area contributed by atoms with Crippen molar-refractivity contribution in [2.75, 3.05) is 11.9 Å². The molecule has 0 bridgehead atoms. The molecule has 2 N–H and O–H groups in total. The first-order valence-electron chi connectivity index (χ1n) is 4.57. The Bertz CT molecular complexity index is 491. The zero-order chi connectivity index (χ0) is 10.7. The van der Waals surface area contributed by atoms with Crippen molar-refractivity contribution in [1.82, 2.24) is 4.98 Å². The fourth-order valence-electron chi connectivity index (χ4n) is 1.42. The Kier molecular flexibility index (Phi) is 2.49. The zero-order valence-electron chi connectivity index (χ0n) is 7.97. The number of aromatic nitrogens is 1. The van der Waals surface area contributed by atoms with Gasteiger partial charge in [-0.3, -0.25) is 9.78 Å². The number of aliphatic carboxylic acids is 1. The quantitative estimate of drug-likeness (QED) is 0.795. The van der Waals surface area contributed by atoms with E-state index >= 15 is 0 Å². The maximum atomic E-state index is 10.4. The number of hydrogen-bond acceptors (Lipinski definition) is 3. The van der Waals surface area contributed by atoms with Gasteiger partial charge in [-0.15, -0.1) is 0 Å². The third-order valence-corrected chi connectivity index (χ3v) is 2.08. The highest BCUT2D eigenvalue weighted by atomic mass is 16.4. The third-order valence-electron chi connectivity index (χ3n) is 2.08. The number of para-hydroxylation sites is 1. The van der Waals surface area contributed by atoms with Gasteiger partial charge in [-0.25, -0.2) is 0 Å². The number of carbonyl (C=O) groups is 1. The van der Waals surface area contributed by atoms with Crippen LogP contribution in [0, 0.1) is 0 Å². The Labute approximate surface area is 86.6 Å². The Hall–Kier alpha value is -2.10. The first kappa shape index (κ1) is 9.45. The molecule has 0 saturated carbocycles. The number of hydrogen-bond donors (Lipinski definition) is 2. The summed E-state index contributed by atoms with van der Waals surface area (Å²) in [5, 5.41) is 12.3. The Morgan fingerprint density at radius 1 is 1.33 bits per heavy atom. The predicted molar refractivity (Wildman–Crippen MR) is 57.9 cm³/mol. The van der Waals surface area contributed by atoms with Gasteiger partial charge in [-0.2, -0.15) is 0 Å². The van der Waals surface area contributed by atoms with Crippen LogP contribution < -0.4 is 5.32 Å². The maximum absolute atomic E-state index is 10.4. The molecule has 0 aliphatic carbocycles. The minimum atomic E-state index is -0.879. The fraction of sp³-hybridized carbons (Fsp3) is 0.0909. The molecule has 0 aliphatic heterocycles. The van der Waals surface area contributed by atoms with Crippen LogP contribution in [-0.2, 0) is 4.79 Å². The van der Waals surface area contributed by atoms with Gasteiger partial charge in [0.15, 0.2) is 0 Å². The van der Waals surface area contributed by atoms with Crippen LogP contribution in [0.2, 0.25) is 0 Å². The number of rotatable bonds is 3. The van der Waals surface area contributed by atoms with E-state index in [0.717, 1.165) is 16.6 Å². The Morgan fingerprint density at radius 3 is 2.93 bits per heavy atom. The second-order valence-corrected chi connectivity index (χ2v) is 3.12. The van der Waals surface area contributed by atoms with Crippen LogP contribution in [0.15, 0.2) is 36.5 Å². The minimum absolute atomic E-state index is 0.0893. The number of fused-ring (bicyclic) bond motifs is 1. The van der Waals surface area contributed by atoms with Gasteiger partial charge in [-0.05, 0) is 12.1 Å². The zero-order valence-corrected chi connectivity index (χ0v) is 7.97. The van der Waals surface area contributed by atoms with E-state index in [1.807, 2.05) is 24.3 Å². The lowest BCUT2D eigenvalue weighted by molar-refractivity contribution is -0.134. The first-order chi connectivity index (χ1) is 7.27. The molecule has 0 radical (unpaired) electrons. The number of pyridine rings is 1. The average Bonchev–Trinajstić information content (AvgIpc) is 2.26. The number of anilines is 1. The summed E-state index contributed by atoms with van der Waals surface area (Å²) in [5.74, 6) is -0.879. The molecule has 1 aromatic carbocycles. The van der Waals surface area contributed by atoms with Crippen LogP contribution in [0.1, 0.15) is 0 Å². The van der Waals surface area contributed by atoms with Crippen molar-refractivity contribution < 1.29 is 9.90 Å². The van der Waals surface area contributed by atoms with E-state index in [-0.39, 0.29) is 6.54 Å². The van der Waals surface area contributed by atoms with Gasteiger partial charge < -0.3 is 10.4 Å². The Balaban J connectivity index is 2.38. The van der Waals surface area contributed by atoms with E-state index in [4.69, 9.17) is 5.11 Å². The lowest BCUT2D eigenvalue weighted by atomic mass is 10.2. The summed E-state index contributed by atoms with van der Waals surface area (Å²) in [6.07, 6.45) is 1.66. The molecule has 1 heterocycles. The summed E-state index contributed by atoms with van der Waals surface area (Å²) in [6, 6.07) is 9.37. The summed E-state index contributed by atoms with van der Waals surface area (Å²) < 4.78 is 0. The lowest BCUT2D eigenvalue weighted by Gasteiger charge is -2.06. The maximum Gasteiger partial charge on any atom is 0.322 e. The molecule has 0 aliphatic rings. The molecule has 0 saturated heterocycles. The smallest absolute Gasteiger partial charge is 0.322 e. The number of benzene rings is 1. The molecular formula is C11H10N2O2. The summed E-state index contributed by atoms with van der Waals surface area (Å²) in [7, 11) is 0. The standard InChI is InChI=1S/C11H10N2O2/c14-11(15)7-13-10-5-6-12-9-4-2-1-3-8(9)10/h1-6H,7H2,(H,12,13)(H,14,15). The van der Waals surface area contributed by atoms with Gasteiger partial charge in [0.1, 0.15) is 6.54 Å². The fourth-order valence-corrected chi connectivity index (χ4v) is 1.42. The third kappa shape index (κ3) is 2.04. The molecule has 2 aromatic rings. The van der Waals surface area contributed by atoms with Crippen molar-refractivity contribution >= 4 is 22.6 Å². The van der Waals surface area contributed by atoms with Crippen molar-refractivity contribution in [3.63, 3.8) is 0 Å². The highest BCUT2D eigenvalue weighted by Gasteiger charge is 2.01. The summed E-state index contributed by atoms with van der Waals surface area (Å²) in [5.41, 5.74) is 1.65. The van der Waals surface area contributed by atoms with Crippen molar-refractivity contribution in [3.05, 3.63) is 36.5 Å². The van der Waals surface area contributed by atoms with E-state index in [1.54, 1.807) is 12.3 Å². The van der Waals surface area contributed by atoms with Crippen LogP contribution in [0.3, 0.4) is 0 Å². The summed E-state index contributed by atoms with van der Waals surface area (Å²) >= 11 is 0. The molecule has 0 atom stereocenters. The normalized spacial score (nSPS) is 10.1. The number of carboxylic acids is 1. The van der Waals surface area contributed by atoms with Crippen LogP contribution in [-0.4, -0.2) is 22.6 Å². The van der Waals surface area contributed by atoms with Gasteiger partial charge in [0.25, 0.3) is 0 Å². The van der Waals surface area contributed by atoms with E-state index in [2.05, 4.69) is 10.3 Å². The second-order valence-electron chi connectivity index (χ2n) is 3.12. The van der Waals surface area contributed by atoms with Crippen molar-refractivity contribution in [3.8, 4) is 0 Å². The molecule has 2 rings (SSSR count). The van der Waals surface area contributed by atoms with Crippen LogP contribution >= 0.6 is 0 Å². The molecule has 4 nitrogen and oxygen atoms in total. The molecule has 76 valence electrons. The van der Waals surface area contributed by atoms with Gasteiger partial charge in [0.2, 0.25) is 0 Å². The molecule has 0 amide bonds. The lowest BCUT2D eigenvalue weighted by Crippen LogP contribution is -2.12. The molecule has 4 heteroatoms. The van der Waals surface area contributed by atoms with E-state index in [9.17, 15) is 4.79 Å². The second kappa shape index (κ2) is 3.96. The van der Waals surface area contributed by atoms with Crippen molar-refractivity contribution in [2.24, 2.45) is 0 Å². The predicted octanol–water partition coefficient (Wildman–Crippen LogP) is 1.73. The van der Waals surface area contributed by atoms with Gasteiger partial charge >= 0.3 is 5.97 Å². The SMILES string of the molecule is O=C(O)CNc1ccnc2ccccc12. The minimum Gasteiger partial charge on any atom is -0.480 e. The van der Waals surface area contributed by atoms with Crippen LogP contribution in [0.25, 0.3) is 10.9 Å². The van der Waals surface area contributed by atoms with Crippen molar-refractivity contribution in [2.45, 2.75) is 0 Å². The monoisotopic (exact) mass is 202 g/mol. The topological polar surface area (TPSA) is 62.2 Å². The number of nitrogens with zero attached hydrogens (tertiary/aromatic N) is 1. The van der Waals surface area contributed by atoms with Gasteiger partial charge in [0.05, 0.1) is 5.52 Å². The molecule has 15 heavy (non-hydrogen) atoms. The van der Waals surface area contributed by atoms with E-state index in [0.29, 0.717) is 0 Å². The number of carboxylic acid groups (broad SMARTS) is 1. The number of nitrogens with one attached hydrogen (secondary N) is 1. The highest BCUT2D eigenvalue weighted by Crippen LogP contribution is 2.20. The highest BCUT2D eigenvalue weighted by molar-refractivity contribution is 5.91. The average molecular weight is 202 g/mol. The Morgan fingerprint density at radius 2 is 2.13 bits per heavy atom. The first-order valence-corrected chi connectivity index (χ1v) is 4.57. The van der Waals surface area contributed by atoms with Gasteiger partial charge in [-0.1, -0.05) is 18.2 Å². The summed E-state index contributed by atoms with van der Waals surface area (Å²) in [4.78, 5) is 14.6. The largest absolute Gasteiger partial charge is 0.480 e. The van der Waals surface area contributed by atoms with Crippen LogP contribution in [0.5, 0.6) is 0 Å². The van der Waals surface area contributed by atoms with Crippen molar-refractivity contribution in [1.29, 1.82) is 0 Å². The summed E-state index contributed by atoms with van der Waals surface area (Å²) in [6.45, 7) is -0.0893. The molecule has 0 spiro atoms. The molecule has 0 fully saturated rings. The molecular weight excluding hydrogens is 192 g/mol. The molecule has 1 aromatic heterocycles. The van der Waals surface area contributed by atoms with E-state index in [1.165, 1.54) is 0 Å². The van der Waals surface area contributed by atoms with Crippen LogP contribution in [0.4, 0.5) is 5.69 Å². The van der Waals surface area contributed by atoms with Gasteiger partial charge in [0, 0.05) is 17.3 Å². The van der Waals surface area contributed by atoms with E-state index < -0.39 is 5.97 Å². The molecule has 0 unspecified atom stereocenters.